The van der Waals surface area contributed by atoms with Crippen molar-refractivity contribution in [1.82, 2.24) is 19.9 Å². The quantitative estimate of drug-likeness (QED) is 0.135. The molecule has 0 N–H and O–H groups in total. The van der Waals surface area contributed by atoms with Gasteiger partial charge in [-0.05, 0) is 111 Å². The third-order valence-corrected chi connectivity index (χ3v) is 13.1. The first-order chi connectivity index (χ1) is 33.5. The second-order valence-corrected chi connectivity index (χ2v) is 18.8. The molecule has 0 atom stereocenters. The van der Waals surface area contributed by atoms with Crippen LogP contribution in [-0.4, -0.2) is 19.9 Å². The van der Waals surface area contributed by atoms with E-state index in [1.165, 1.54) is 81.7 Å². The molecule has 69 heavy (non-hydrogen) atoms. The molecule has 0 radical (unpaired) electrons. The highest BCUT2D eigenvalue weighted by molar-refractivity contribution is 5.70. The van der Waals surface area contributed by atoms with Gasteiger partial charge in [-0.15, -0.1) is 0 Å². The van der Waals surface area contributed by atoms with Gasteiger partial charge in [0.25, 0.3) is 0 Å². The van der Waals surface area contributed by atoms with E-state index in [-0.39, 0.29) is 0 Å². The van der Waals surface area contributed by atoms with Crippen LogP contribution in [0.5, 0.6) is 0 Å². The van der Waals surface area contributed by atoms with Crippen molar-refractivity contribution in [3.05, 3.63) is 211 Å². The Bertz CT molecular complexity index is 3150. The van der Waals surface area contributed by atoms with Crippen molar-refractivity contribution >= 4 is 0 Å². The number of hydrogen-bond donors (Lipinski definition) is 0. The molecule has 0 aliphatic heterocycles. The van der Waals surface area contributed by atoms with Gasteiger partial charge in [-0.2, -0.15) is 0 Å². The van der Waals surface area contributed by atoms with Gasteiger partial charge in [0.2, 0.25) is 17.1 Å². The first-order valence-electron chi connectivity index (χ1n) is 24.4. The topological polar surface area (TPSA) is 63.2 Å². The summed E-state index contributed by atoms with van der Waals surface area (Å²) < 4.78 is 6.48. The molecule has 1 aliphatic carbocycles. The molecule has 0 spiro atoms. The largest absolute Gasteiger partial charge is 0.253 e. The standard InChI is InChI=1S/C23H25N2.C22H25N2.C17H16N3/c1-17-8-3-6-11-20(17)23-16-19(14-15-25(23)2)22-13-7-12-21(24-22)18-9-4-5-10-18;1-16(2)14-19-9-7-11-21(23-19)18-12-13-24(4)22(15-18)20-10-6-5-8-17(20)3;1-13-6-3-4-7-15(13)16-12-14(8-11-20(16)2)17-18-9-5-10-19-17/h3,6-8,11-16,18H,4-5,9-10H2,1-2H3;5-13,15-16H,14H2,1-4H3;3-12H,1-2H3/q3*+1. The molecule has 9 aromatic rings. The lowest BCUT2D eigenvalue weighted by Crippen LogP contribution is -2.30. The Morgan fingerprint density at radius 3 is 1.39 bits per heavy atom. The first kappa shape index (κ1) is 48.0. The number of rotatable bonds is 9. The SMILES string of the molecule is Cc1ccccc1-c1cc(-c2cccc(C3CCCC3)n2)cc[n+]1C.Cc1ccccc1-c1cc(-c2cccc(CC(C)C)n2)cc[n+]1C.Cc1ccccc1-c1cc(-c2ncccn2)cc[n+]1C. The van der Waals surface area contributed by atoms with Gasteiger partial charge in [-0.25, -0.2) is 23.7 Å². The van der Waals surface area contributed by atoms with E-state index in [4.69, 9.17) is 9.97 Å². The number of nitrogens with zero attached hydrogens (tertiary/aromatic N) is 7. The lowest BCUT2D eigenvalue weighted by molar-refractivity contribution is -0.660. The summed E-state index contributed by atoms with van der Waals surface area (Å²) in [6, 6.07) is 53.1. The van der Waals surface area contributed by atoms with Crippen LogP contribution in [0.1, 0.15) is 73.5 Å². The van der Waals surface area contributed by atoms with E-state index < -0.39 is 0 Å². The fraction of sp³-hybridized carbons (Fsp3) is 0.242. The molecular weight excluding hydrogens is 843 g/mol. The first-order valence-corrected chi connectivity index (χ1v) is 24.4. The van der Waals surface area contributed by atoms with Crippen LogP contribution in [0.15, 0.2) is 183 Å². The van der Waals surface area contributed by atoms with E-state index in [9.17, 15) is 0 Å². The van der Waals surface area contributed by atoms with Gasteiger partial charge in [-0.1, -0.05) is 93.4 Å². The van der Waals surface area contributed by atoms with Crippen LogP contribution in [-0.2, 0) is 27.6 Å². The van der Waals surface area contributed by atoms with E-state index in [0.717, 1.165) is 46.1 Å². The van der Waals surface area contributed by atoms with E-state index in [1.807, 2.05) is 18.3 Å². The molecule has 6 aromatic heterocycles. The molecule has 1 saturated carbocycles. The predicted molar refractivity (Wildman–Crippen MR) is 281 cm³/mol. The van der Waals surface area contributed by atoms with Crippen LogP contribution in [0.2, 0.25) is 0 Å². The van der Waals surface area contributed by atoms with E-state index in [2.05, 4.69) is 231 Å². The minimum atomic E-state index is 0.615. The Balaban J connectivity index is 0.000000140. The maximum atomic E-state index is 5.00. The predicted octanol–water partition coefficient (Wildman–Crippen LogP) is 12.9. The Kier molecular flexibility index (Phi) is 15.7. The lowest BCUT2D eigenvalue weighted by Gasteiger charge is -2.11. The zero-order chi connectivity index (χ0) is 48.3. The van der Waals surface area contributed by atoms with Crippen LogP contribution in [0.3, 0.4) is 0 Å². The van der Waals surface area contributed by atoms with Gasteiger partial charge in [0.05, 0.1) is 11.4 Å². The van der Waals surface area contributed by atoms with Crippen LogP contribution < -0.4 is 13.7 Å². The summed E-state index contributed by atoms with van der Waals surface area (Å²) in [6.45, 7) is 10.9. The molecule has 0 unspecified atom stereocenters. The zero-order valence-electron chi connectivity index (χ0n) is 41.6. The average Bonchev–Trinajstić information content (AvgIpc) is 3.92. The van der Waals surface area contributed by atoms with Crippen molar-refractivity contribution in [2.45, 2.75) is 72.6 Å². The molecule has 3 aromatic carbocycles. The molecule has 1 fully saturated rings. The van der Waals surface area contributed by atoms with E-state index in [1.54, 1.807) is 12.4 Å². The number of hydrogen-bond acceptors (Lipinski definition) is 4. The van der Waals surface area contributed by atoms with Crippen molar-refractivity contribution in [3.8, 4) is 67.7 Å². The monoisotopic (exact) mass is 909 g/mol. The number of aryl methyl sites for hydroxylation is 6. The van der Waals surface area contributed by atoms with Crippen LogP contribution >= 0.6 is 0 Å². The zero-order valence-corrected chi connectivity index (χ0v) is 41.6. The average molecular weight is 909 g/mol. The number of aromatic nitrogens is 7. The number of benzene rings is 3. The third kappa shape index (κ3) is 12.0. The lowest BCUT2D eigenvalue weighted by atomic mass is 10.0. The molecular formula is C62H66N7+3. The highest BCUT2D eigenvalue weighted by Gasteiger charge is 2.21. The Morgan fingerprint density at radius 2 is 0.913 bits per heavy atom. The van der Waals surface area contributed by atoms with E-state index in [0.29, 0.717) is 11.8 Å². The van der Waals surface area contributed by atoms with Gasteiger partial charge >= 0.3 is 0 Å². The molecule has 0 bridgehead atoms. The Morgan fingerprint density at radius 1 is 0.478 bits per heavy atom. The van der Waals surface area contributed by atoms with Gasteiger partial charge in [0.1, 0.15) is 21.1 Å². The maximum Gasteiger partial charge on any atom is 0.213 e. The second-order valence-electron chi connectivity index (χ2n) is 18.8. The normalized spacial score (nSPS) is 12.2. The summed E-state index contributed by atoms with van der Waals surface area (Å²) in [5.41, 5.74) is 19.1. The fourth-order valence-corrected chi connectivity index (χ4v) is 9.23. The molecule has 0 saturated heterocycles. The summed E-state index contributed by atoms with van der Waals surface area (Å²) in [5.74, 6) is 2.02. The van der Waals surface area contributed by atoms with Gasteiger partial charge in [0, 0.05) is 99.5 Å². The van der Waals surface area contributed by atoms with Crippen molar-refractivity contribution in [3.63, 3.8) is 0 Å². The highest BCUT2D eigenvalue weighted by atomic mass is 14.9. The smallest absolute Gasteiger partial charge is 0.213 e. The Hall–Kier alpha value is -7.51. The van der Waals surface area contributed by atoms with Crippen molar-refractivity contribution < 1.29 is 13.7 Å². The second kappa shape index (κ2) is 22.5. The molecule has 10 rings (SSSR count). The molecule has 6 heterocycles. The van der Waals surface area contributed by atoms with Crippen LogP contribution in [0.25, 0.3) is 67.7 Å². The van der Waals surface area contributed by atoms with Crippen molar-refractivity contribution in [2.24, 2.45) is 27.1 Å². The maximum absolute atomic E-state index is 5.00. The van der Waals surface area contributed by atoms with Crippen LogP contribution in [0.4, 0.5) is 0 Å². The summed E-state index contributed by atoms with van der Waals surface area (Å²) in [5, 5.41) is 0. The third-order valence-electron chi connectivity index (χ3n) is 13.1. The van der Waals surface area contributed by atoms with Gasteiger partial charge < -0.3 is 0 Å². The molecule has 346 valence electrons. The Labute approximate surface area is 410 Å². The highest BCUT2D eigenvalue weighted by Crippen LogP contribution is 2.34. The van der Waals surface area contributed by atoms with E-state index >= 15 is 0 Å². The molecule has 7 nitrogen and oxygen atoms in total. The summed E-state index contributed by atoms with van der Waals surface area (Å²) in [6.07, 6.45) is 16.1. The minimum absolute atomic E-state index is 0.615. The molecule has 7 heteroatoms. The molecule has 0 amide bonds. The fourth-order valence-electron chi connectivity index (χ4n) is 9.23. The summed E-state index contributed by atoms with van der Waals surface area (Å²) in [4.78, 5) is 18.5. The van der Waals surface area contributed by atoms with Crippen LogP contribution in [0, 0.1) is 26.7 Å². The van der Waals surface area contributed by atoms with Gasteiger partial charge in [0.15, 0.2) is 24.4 Å². The van der Waals surface area contributed by atoms with Gasteiger partial charge in [-0.3, -0.25) is 9.97 Å². The number of pyridine rings is 5. The van der Waals surface area contributed by atoms with Crippen molar-refractivity contribution in [2.75, 3.05) is 0 Å². The summed E-state index contributed by atoms with van der Waals surface area (Å²) in [7, 11) is 6.25. The van der Waals surface area contributed by atoms with Crippen molar-refractivity contribution in [1.29, 1.82) is 0 Å². The summed E-state index contributed by atoms with van der Waals surface area (Å²) >= 11 is 0. The minimum Gasteiger partial charge on any atom is -0.253 e. The molecule has 1 aliphatic rings.